The molecule has 2 rings (SSSR count). The maximum atomic E-state index is 12.3. The Morgan fingerprint density at radius 2 is 1.66 bits per heavy atom. The number of rotatable bonds is 10. The molecule has 1 atom stereocenters. The number of nitrogens with one attached hydrogen (secondary N) is 2. The molecule has 0 spiro atoms. The van der Waals surface area contributed by atoms with Crippen LogP contribution < -0.4 is 20.1 Å². The number of amides is 2. The first kappa shape index (κ1) is 22.6. The van der Waals surface area contributed by atoms with E-state index < -0.39 is 6.04 Å². The van der Waals surface area contributed by atoms with Gasteiger partial charge in [0.15, 0.2) is 11.5 Å². The highest BCUT2D eigenvalue weighted by atomic mass is 35.5. The van der Waals surface area contributed by atoms with Gasteiger partial charge in [0.2, 0.25) is 5.91 Å². The smallest absolute Gasteiger partial charge is 0.251 e. The van der Waals surface area contributed by atoms with Crippen LogP contribution in [0.5, 0.6) is 11.5 Å². The molecule has 156 valence electrons. The highest BCUT2D eigenvalue weighted by Gasteiger charge is 2.16. The second kappa shape index (κ2) is 11.3. The van der Waals surface area contributed by atoms with E-state index in [-0.39, 0.29) is 11.8 Å². The lowest BCUT2D eigenvalue weighted by molar-refractivity contribution is -0.122. The van der Waals surface area contributed by atoms with Gasteiger partial charge in [0, 0.05) is 17.1 Å². The van der Waals surface area contributed by atoms with E-state index in [1.165, 1.54) is 0 Å². The van der Waals surface area contributed by atoms with E-state index in [4.69, 9.17) is 21.1 Å². The Morgan fingerprint density at radius 3 is 2.31 bits per heavy atom. The van der Waals surface area contributed by atoms with Gasteiger partial charge in [0.1, 0.15) is 6.04 Å². The van der Waals surface area contributed by atoms with Crippen molar-refractivity contribution in [3.05, 3.63) is 58.6 Å². The molecule has 0 aromatic heterocycles. The number of carbonyl (C=O) groups excluding carboxylic acids is 2. The van der Waals surface area contributed by atoms with Gasteiger partial charge in [-0.2, -0.15) is 0 Å². The molecule has 2 aromatic rings. The maximum Gasteiger partial charge on any atom is 0.251 e. The van der Waals surface area contributed by atoms with Gasteiger partial charge >= 0.3 is 0 Å². The topological polar surface area (TPSA) is 76.7 Å². The van der Waals surface area contributed by atoms with Crippen LogP contribution in [0.1, 0.15) is 36.7 Å². The predicted molar refractivity (Wildman–Crippen MR) is 114 cm³/mol. The number of hydrogen-bond donors (Lipinski definition) is 2. The van der Waals surface area contributed by atoms with Crippen molar-refractivity contribution in [2.45, 2.75) is 33.2 Å². The monoisotopic (exact) mass is 418 g/mol. The second-order valence-electron chi connectivity index (χ2n) is 6.39. The van der Waals surface area contributed by atoms with Crippen molar-refractivity contribution >= 4 is 23.4 Å². The summed E-state index contributed by atoms with van der Waals surface area (Å²) < 4.78 is 11.2. The molecule has 6 nitrogen and oxygen atoms in total. The van der Waals surface area contributed by atoms with Gasteiger partial charge in [-0.25, -0.2) is 0 Å². The van der Waals surface area contributed by atoms with Gasteiger partial charge in [0.25, 0.3) is 5.91 Å². The van der Waals surface area contributed by atoms with Crippen molar-refractivity contribution in [3.8, 4) is 11.5 Å². The standard InChI is InChI=1S/C22H27ClN2O4/c1-4-28-19-11-6-16(14-20(19)29-5-2)12-13-24-21(26)15(3)25-22(27)17-7-9-18(23)10-8-17/h6-11,14-15H,4-5,12-13H2,1-3H3,(H,24,26)(H,25,27). The summed E-state index contributed by atoms with van der Waals surface area (Å²) in [4.78, 5) is 24.5. The minimum atomic E-state index is -0.655. The van der Waals surface area contributed by atoms with Crippen LogP contribution in [-0.4, -0.2) is 37.6 Å². The van der Waals surface area contributed by atoms with E-state index in [0.717, 1.165) is 5.56 Å². The first-order valence-corrected chi connectivity index (χ1v) is 10.0. The van der Waals surface area contributed by atoms with Crippen molar-refractivity contribution in [2.75, 3.05) is 19.8 Å². The fourth-order valence-electron chi connectivity index (χ4n) is 2.68. The first-order chi connectivity index (χ1) is 13.9. The molecule has 2 aromatic carbocycles. The third-order valence-electron chi connectivity index (χ3n) is 4.17. The zero-order chi connectivity index (χ0) is 21.2. The molecular weight excluding hydrogens is 392 g/mol. The third kappa shape index (κ3) is 6.98. The Morgan fingerprint density at radius 1 is 1.00 bits per heavy atom. The summed E-state index contributed by atoms with van der Waals surface area (Å²) in [5, 5.41) is 6.07. The summed E-state index contributed by atoms with van der Waals surface area (Å²) in [6, 6.07) is 11.6. The predicted octanol–water partition coefficient (Wildman–Crippen LogP) is 3.61. The van der Waals surface area contributed by atoms with Crippen molar-refractivity contribution in [3.63, 3.8) is 0 Å². The fraction of sp³-hybridized carbons (Fsp3) is 0.364. The van der Waals surface area contributed by atoms with E-state index >= 15 is 0 Å². The summed E-state index contributed by atoms with van der Waals surface area (Å²) in [5.41, 5.74) is 1.47. The lowest BCUT2D eigenvalue weighted by Gasteiger charge is -2.15. The average Bonchev–Trinajstić information content (AvgIpc) is 2.70. The number of benzene rings is 2. The SMILES string of the molecule is CCOc1ccc(CCNC(=O)C(C)NC(=O)c2ccc(Cl)cc2)cc1OCC. The zero-order valence-electron chi connectivity index (χ0n) is 17.0. The molecular formula is C22H27ClN2O4. The Balaban J connectivity index is 1.84. The lowest BCUT2D eigenvalue weighted by atomic mass is 10.1. The molecule has 0 radical (unpaired) electrons. The van der Waals surface area contributed by atoms with Crippen LogP contribution in [0.15, 0.2) is 42.5 Å². The summed E-state index contributed by atoms with van der Waals surface area (Å²) in [6.07, 6.45) is 0.635. The van der Waals surface area contributed by atoms with Crippen molar-refractivity contribution in [1.29, 1.82) is 0 Å². The second-order valence-corrected chi connectivity index (χ2v) is 6.83. The largest absolute Gasteiger partial charge is 0.490 e. The Labute approximate surface area is 176 Å². The van der Waals surface area contributed by atoms with Crippen LogP contribution in [0.3, 0.4) is 0 Å². The van der Waals surface area contributed by atoms with Gasteiger partial charge in [-0.05, 0) is 69.2 Å². The first-order valence-electron chi connectivity index (χ1n) is 9.67. The molecule has 2 amide bonds. The van der Waals surface area contributed by atoms with Crippen LogP contribution >= 0.6 is 11.6 Å². The average molecular weight is 419 g/mol. The molecule has 0 fully saturated rings. The Bertz CT molecular complexity index is 824. The molecule has 2 N–H and O–H groups in total. The highest BCUT2D eigenvalue weighted by molar-refractivity contribution is 6.30. The molecule has 29 heavy (non-hydrogen) atoms. The molecule has 1 unspecified atom stereocenters. The van der Waals surface area contributed by atoms with E-state index in [0.29, 0.717) is 48.3 Å². The minimum Gasteiger partial charge on any atom is -0.490 e. The Kier molecular flexibility index (Phi) is 8.80. The summed E-state index contributed by atoms with van der Waals surface area (Å²) in [6.45, 7) is 7.04. The molecule has 0 saturated heterocycles. The molecule has 0 aliphatic rings. The quantitative estimate of drug-likeness (QED) is 0.617. The molecule has 0 saturated carbocycles. The van der Waals surface area contributed by atoms with E-state index in [2.05, 4.69) is 10.6 Å². The van der Waals surface area contributed by atoms with Crippen molar-refractivity contribution < 1.29 is 19.1 Å². The minimum absolute atomic E-state index is 0.247. The van der Waals surface area contributed by atoms with Crippen molar-refractivity contribution in [2.24, 2.45) is 0 Å². The summed E-state index contributed by atoms with van der Waals surface area (Å²) in [5.74, 6) is 0.836. The Hall–Kier alpha value is -2.73. The number of carbonyl (C=O) groups is 2. The molecule has 0 aliphatic heterocycles. The van der Waals surface area contributed by atoms with Crippen LogP contribution in [0.2, 0.25) is 5.02 Å². The lowest BCUT2D eigenvalue weighted by Crippen LogP contribution is -2.45. The van der Waals surface area contributed by atoms with Gasteiger partial charge in [-0.1, -0.05) is 17.7 Å². The molecule has 0 heterocycles. The van der Waals surface area contributed by atoms with Gasteiger partial charge in [-0.3, -0.25) is 9.59 Å². The zero-order valence-corrected chi connectivity index (χ0v) is 17.7. The number of halogens is 1. The number of hydrogen-bond acceptors (Lipinski definition) is 4. The van der Waals surface area contributed by atoms with Crippen LogP contribution in [0, 0.1) is 0 Å². The van der Waals surface area contributed by atoms with Crippen LogP contribution in [0.4, 0.5) is 0 Å². The van der Waals surface area contributed by atoms with E-state index in [1.54, 1.807) is 31.2 Å². The van der Waals surface area contributed by atoms with Gasteiger partial charge in [0.05, 0.1) is 13.2 Å². The normalized spacial score (nSPS) is 11.4. The maximum absolute atomic E-state index is 12.3. The third-order valence-corrected chi connectivity index (χ3v) is 4.42. The van der Waals surface area contributed by atoms with Crippen LogP contribution in [-0.2, 0) is 11.2 Å². The van der Waals surface area contributed by atoms with Crippen LogP contribution in [0.25, 0.3) is 0 Å². The van der Waals surface area contributed by atoms with E-state index in [9.17, 15) is 9.59 Å². The summed E-state index contributed by atoms with van der Waals surface area (Å²) in [7, 11) is 0. The molecule has 0 aliphatic carbocycles. The molecule has 0 bridgehead atoms. The van der Waals surface area contributed by atoms with Crippen molar-refractivity contribution in [1.82, 2.24) is 10.6 Å². The van der Waals surface area contributed by atoms with Gasteiger partial charge in [-0.15, -0.1) is 0 Å². The fourth-order valence-corrected chi connectivity index (χ4v) is 2.81. The summed E-state index contributed by atoms with van der Waals surface area (Å²) >= 11 is 5.82. The number of ether oxygens (including phenoxy) is 2. The van der Waals surface area contributed by atoms with Gasteiger partial charge < -0.3 is 20.1 Å². The highest BCUT2D eigenvalue weighted by Crippen LogP contribution is 2.28. The van der Waals surface area contributed by atoms with E-state index in [1.807, 2.05) is 32.0 Å². The molecule has 7 heteroatoms.